The van der Waals surface area contributed by atoms with Gasteiger partial charge in [-0.25, -0.2) is 0 Å². The fourth-order valence-corrected chi connectivity index (χ4v) is 3.49. The highest BCUT2D eigenvalue weighted by Gasteiger charge is 2.36. The molecule has 0 aliphatic heterocycles. The minimum atomic E-state index is -3.42. The van der Waals surface area contributed by atoms with E-state index in [9.17, 15) is 9.67 Å². The molecule has 0 aliphatic rings. The van der Waals surface area contributed by atoms with Gasteiger partial charge in [0, 0.05) is 0 Å². The largest absolute Gasteiger partial charge is 0.380 e. The molecule has 0 amide bonds. The van der Waals surface area contributed by atoms with Crippen LogP contribution in [0.1, 0.15) is 48.0 Å². The maximum Gasteiger partial charge on any atom is 0.359 e. The topological polar surface area (TPSA) is 55.8 Å². The Morgan fingerprint density at radius 2 is 1.38 bits per heavy atom. The standard InChI is InChI=1S/C11H25O4P/c1-8(2)7-11(12)16(13,14-9(3)4)15-10(5)6/h8-12H,7H2,1-6H3/t11-/m0/s1. The van der Waals surface area contributed by atoms with Gasteiger partial charge in [0.15, 0.2) is 5.85 Å². The van der Waals surface area contributed by atoms with E-state index in [1.165, 1.54) is 0 Å². The molecule has 4 nitrogen and oxygen atoms in total. The smallest absolute Gasteiger partial charge is 0.359 e. The molecule has 1 N–H and O–H groups in total. The summed E-state index contributed by atoms with van der Waals surface area (Å²) in [6.45, 7) is 11.0. The molecule has 16 heavy (non-hydrogen) atoms. The van der Waals surface area contributed by atoms with Crippen LogP contribution in [0.5, 0.6) is 0 Å². The molecule has 98 valence electrons. The molecule has 0 bridgehead atoms. The number of aliphatic hydroxyl groups is 1. The molecule has 0 radical (unpaired) electrons. The van der Waals surface area contributed by atoms with Crippen LogP contribution in [0.2, 0.25) is 0 Å². The van der Waals surface area contributed by atoms with Gasteiger partial charge in [0.2, 0.25) is 0 Å². The molecular weight excluding hydrogens is 227 g/mol. The van der Waals surface area contributed by atoms with Crippen LogP contribution in [0.4, 0.5) is 0 Å². The molecule has 0 fully saturated rings. The Balaban J connectivity index is 4.70. The van der Waals surface area contributed by atoms with Gasteiger partial charge in [-0.2, -0.15) is 0 Å². The van der Waals surface area contributed by atoms with Crippen molar-refractivity contribution < 1.29 is 18.7 Å². The molecule has 0 heterocycles. The third kappa shape index (κ3) is 6.00. The predicted octanol–water partition coefficient (Wildman–Crippen LogP) is 3.39. The zero-order valence-electron chi connectivity index (χ0n) is 11.1. The van der Waals surface area contributed by atoms with E-state index in [1.807, 2.05) is 13.8 Å². The predicted molar refractivity (Wildman–Crippen MR) is 65.5 cm³/mol. The fraction of sp³-hybridized carbons (Fsp3) is 1.00. The summed E-state index contributed by atoms with van der Waals surface area (Å²) >= 11 is 0. The summed E-state index contributed by atoms with van der Waals surface area (Å²) in [7, 11) is -3.42. The second-order valence-corrected chi connectivity index (χ2v) is 7.06. The van der Waals surface area contributed by atoms with Gasteiger partial charge in [-0.05, 0) is 40.0 Å². The molecule has 0 saturated carbocycles. The molecular formula is C11H25O4P. The first-order valence-corrected chi connectivity index (χ1v) is 7.43. The molecule has 1 atom stereocenters. The van der Waals surface area contributed by atoms with Crippen LogP contribution in [0.3, 0.4) is 0 Å². The third-order valence-electron chi connectivity index (χ3n) is 1.76. The molecule has 0 aromatic carbocycles. The van der Waals surface area contributed by atoms with Gasteiger partial charge in [-0.3, -0.25) is 4.57 Å². The Morgan fingerprint density at radius 1 is 1.00 bits per heavy atom. The van der Waals surface area contributed by atoms with Crippen molar-refractivity contribution >= 4 is 7.60 Å². The zero-order valence-corrected chi connectivity index (χ0v) is 12.0. The number of rotatable bonds is 7. The van der Waals surface area contributed by atoms with Crippen molar-refractivity contribution in [2.24, 2.45) is 5.92 Å². The lowest BCUT2D eigenvalue weighted by Crippen LogP contribution is -2.19. The molecule has 0 aromatic heterocycles. The maximum atomic E-state index is 12.4. The molecule has 0 aliphatic carbocycles. The van der Waals surface area contributed by atoms with Crippen molar-refractivity contribution in [1.82, 2.24) is 0 Å². The van der Waals surface area contributed by atoms with Crippen LogP contribution in [-0.2, 0) is 13.6 Å². The lowest BCUT2D eigenvalue weighted by Gasteiger charge is -2.27. The summed E-state index contributed by atoms with van der Waals surface area (Å²) in [5.74, 6) is -0.799. The first-order chi connectivity index (χ1) is 7.17. The van der Waals surface area contributed by atoms with Gasteiger partial charge in [0.25, 0.3) is 0 Å². The normalized spacial score (nSPS) is 15.1. The summed E-state index contributed by atoms with van der Waals surface area (Å²) in [5.41, 5.74) is 0. The number of aliphatic hydroxyl groups excluding tert-OH is 1. The highest BCUT2D eigenvalue weighted by Crippen LogP contribution is 2.55. The lowest BCUT2D eigenvalue weighted by atomic mass is 10.1. The van der Waals surface area contributed by atoms with E-state index in [0.717, 1.165) is 0 Å². The van der Waals surface area contributed by atoms with Crippen molar-refractivity contribution in [2.45, 2.75) is 66.0 Å². The van der Waals surface area contributed by atoms with E-state index in [1.54, 1.807) is 27.7 Å². The van der Waals surface area contributed by atoms with Crippen molar-refractivity contribution in [3.8, 4) is 0 Å². The van der Waals surface area contributed by atoms with E-state index in [0.29, 0.717) is 6.42 Å². The SMILES string of the molecule is CC(C)C[C@@H](O)P(=O)(OC(C)C)OC(C)C. The van der Waals surface area contributed by atoms with Gasteiger partial charge in [-0.1, -0.05) is 13.8 Å². The minimum Gasteiger partial charge on any atom is -0.380 e. The van der Waals surface area contributed by atoms with Crippen molar-refractivity contribution in [1.29, 1.82) is 0 Å². The van der Waals surface area contributed by atoms with Crippen LogP contribution in [0, 0.1) is 5.92 Å². The van der Waals surface area contributed by atoms with Crippen LogP contribution in [0.15, 0.2) is 0 Å². The van der Waals surface area contributed by atoms with E-state index >= 15 is 0 Å². The average Bonchev–Trinajstić information content (AvgIpc) is 1.98. The quantitative estimate of drug-likeness (QED) is 0.705. The monoisotopic (exact) mass is 252 g/mol. The molecule has 0 saturated heterocycles. The van der Waals surface area contributed by atoms with Crippen LogP contribution in [0.25, 0.3) is 0 Å². The highest BCUT2D eigenvalue weighted by molar-refractivity contribution is 7.54. The van der Waals surface area contributed by atoms with Gasteiger partial charge in [0.1, 0.15) is 0 Å². The summed E-state index contributed by atoms with van der Waals surface area (Å²) in [5, 5.41) is 9.92. The molecule has 0 rings (SSSR count). The third-order valence-corrected chi connectivity index (χ3v) is 4.13. The molecule has 0 unspecified atom stereocenters. The Bertz CT molecular complexity index is 224. The maximum absolute atomic E-state index is 12.4. The van der Waals surface area contributed by atoms with Crippen molar-refractivity contribution in [2.75, 3.05) is 0 Å². The fourth-order valence-electron chi connectivity index (χ4n) is 1.30. The first-order valence-electron chi connectivity index (χ1n) is 5.82. The van der Waals surface area contributed by atoms with Gasteiger partial charge >= 0.3 is 7.60 Å². The van der Waals surface area contributed by atoms with E-state index in [-0.39, 0.29) is 18.1 Å². The second-order valence-electron chi connectivity index (χ2n) is 4.96. The van der Waals surface area contributed by atoms with Gasteiger partial charge < -0.3 is 14.2 Å². The van der Waals surface area contributed by atoms with Gasteiger partial charge in [0.05, 0.1) is 12.2 Å². The summed E-state index contributed by atoms with van der Waals surface area (Å²) in [6.07, 6.45) is -0.0470. The highest BCUT2D eigenvalue weighted by atomic mass is 31.2. The van der Waals surface area contributed by atoms with E-state index in [4.69, 9.17) is 9.05 Å². The minimum absolute atomic E-state index is 0.230. The summed E-state index contributed by atoms with van der Waals surface area (Å²) in [4.78, 5) is 0. The van der Waals surface area contributed by atoms with Gasteiger partial charge in [-0.15, -0.1) is 0 Å². The summed E-state index contributed by atoms with van der Waals surface area (Å²) in [6, 6.07) is 0. The van der Waals surface area contributed by atoms with Crippen LogP contribution in [-0.4, -0.2) is 23.2 Å². The summed E-state index contributed by atoms with van der Waals surface area (Å²) < 4.78 is 23.0. The molecule has 0 aromatic rings. The number of hydrogen-bond donors (Lipinski definition) is 1. The number of hydrogen-bond acceptors (Lipinski definition) is 4. The Hall–Kier alpha value is 0.110. The first kappa shape index (κ1) is 16.1. The van der Waals surface area contributed by atoms with Crippen LogP contribution < -0.4 is 0 Å². The van der Waals surface area contributed by atoms with Crippen LogP contribution >= 0.6 is 7.60 Å². The lowest BCUT2D eigenvalue weighted by molar-refractivity contribution is 0.0938. The molecule has 5 heteroatoms. The zero-order chi connectivity index (χ0) is 12.9. The molecule has 0 spiro atoms. The van der Waals surface area contributed by atoms with E-state index < -0.39 is 13.4 Å². The Kier molecular flexibility index (Phi) is 6.80. The van der Waals surface area contributed by atoms with Crippen molar-refractivity contribution in [3.05, 3.63) is 0 Å². The Morgan fingerprint density at radius 3 is 1.62 bits per heavy atom. The average molecular weight is 252 g/mol. The van der Waals surface area contributed by atoms with E-state index in [2.05, 4.69) is 0 Å². The van der Waals surface area contributed by atoms with Crippen molar-refractivity contribution in [3.63, 3.8) is 0 Å². The Labute approximate surface area is 98.9 Å². The second kappa shape index (κ2) is 6.75.